The van der Waals surface area contributed by atoms with Crippen LogP contribution in [0.15, 0.2) is 54.6 Å². The molecule has 0 aliphatic carbocycles. The first-order valence-electron chi connectivity index (χ1n) is 6.58. The van der Waals surface area contributed by atoms with Crippen LogP contribution in [0.1, 0.15) is 15.9 Å². The Bertz CT molecular complexity index is 629. The minimum absolute atomic E-state index is 0.219. The molecule has 2 aromatic carbocycles. The Balaban J connectivity index is 1.96. The zero-order valence-corrected chi connectivity index (χ0v) is 12.3. The van der Waals surface area contributed by atoms with Crippen molar-refractivity contribution in [3.05, 3.63) is 65.7 Å². The molecule has 0 unspecified atom stereocenters. The molecule has 2 N–H and O–H groups in total. The van der Waals surface area contributed by atoms with Gasteiger partial charge in [0.1, 0.15) is 0 Å². The Morgan fingerprint density at radius 2 is 1.62 bits per heavy atom. The Morgan fingerprint density at radius 1 is 0.952 bits per heavy atom. The lowest BCUT2D eigenvalue weighted by Crippen LogP contribution is -2.26. The second-order valence-electron chi connectivity index (χ2n) is 4.47. The van der Waals surface area contributed by atoms with Gasteiger partial charge in [-0.25, -0.2) is 0 Å². The largest absolute Gasteiger partial charge is 0.352 e. The van der Waals surface area contributed by atoms with Crippen molar-refractivity contribution in [1.82, 2.24) is 5.32 Å². The predicted octanol–water partition coefficient (Wildman–Crippen LogP) is 3.12. The second kappa shape index (κ2) is 7.50. The highest BCUT2D eigenvalue weighted by molar-refractivity contribution is 7.96. The summed E-state index contributed by atoms with van der Waals surface area (Å²) < 4.78 is 0. The lowest BCUT2D eigenvalue weighted by molar-refractivity contribution is 0.0955. The highest BCUT2D eigenvalue weighted by atomic mass is 32.1. The molecule has 5 heteroatoms. The van der Waals surface area contributed by atoms with Crippen LogP contribution in [-0.2, 0) is 6.42 Å². The number of hydrogen-bond donors (Lipinski definition) is 3. The summed E-state index contributed by atoms with van der Waals surface area (Å²) in [4.78, 5) is 23.2. The van der Waals surface area contributed by atoms with Gasteiger partial charge in [-0.3, -0.25) is 9.59 Å². The summed E-state index contributed by atoms with van der Waals surface area (Å²) in [6, 6.07) is 16.8. The number of hydrogen-bond acceptors (Lipinski definition) is 2. The van der Waals surface area contributed by atoms with Crippen molar-refractivity contribution in [2.45, 2.75) is 6.42 Å². The van der Waals surface area contributed by atoms with E-state index in [1.165, 1.54) is 0 Å². The van der Waals surface area contributed by atoms with Crippen LogP contribution >= 0.6 is 12.6 Å². The van der Waals surface area contributed by atoms with E-state index in [1.807, 2.05) is 30.3 Å². The smallest absolute Gasteiger partial charge is 0.280 e. The summed E-state index contributed by atoms with van der Waals surface area (Å²) in [6.45, 7) is 0.534. The van der Waals surface area contributed by atoms with Gasteiger partial charge in [-0.2, -0.15) is 0 Å². The maximum atomic E-state index is 12.1. The van der Waals surface area contributed by atoms with E-state index in [4.69, 9.17) is 0 Å². The standard InChI is InChI=1S/C16H16N2O2S/c19-15(17-11-10-12-6-2-1-3-7-12)13-8-4-5-9-14(13)18-16(20)21/h1-9H,10-11H2,(H,17,19)(H2,18,20,21). The molecule has 2 aromatic rings. The van der Waals surface area contributed by atoms with Crippen molar-refractivity contribution in [3.8, 4) is 0 Å². The molecule has 108 valence electrons. The molecule has 0 aromatic heterocycles. The Hall–Kier alpha value is -2.27. The molecule has 4 nitrogen and oxygen atoms in total. The molecular weight excluding hydrogens is 284 g/mol. The quantitative estimate of drug-likeness (QED) is 0.743. The van der Waals surface area contributed by atoms with E-state index < -0.39 is 5.24 Å². The second-order valence-corrected chi connectivity index (χ2v) is 4.87. The van der Waals surface area contributed by atoms with E-state index >= 15 is 0 Å². The fraction of sp³-hybridized carbons (Fsp3) is 0.125. The monoisotopic (exact) mass is 300 g/mol. The summed E-state index contributed by atoms with van der Waals surface area (Å²) in [5, 5.41) is 4.87. The first-order chi connectivity index (χ1) is 10.2. The van der Waals surface area contributed by atoms with E-state index in [9.17, 15) is 9.59 Å². The number of benzene rings is 2. The van der Waals surface area contributed by atoms with E-state index in [1.54, 1.807) is 24.3 Å². The highest BCUT2D eigenvalue weighted by Gasteiger charge is 2.11. The molecule has 0 saturated carbocycles. The van der Waals surface area contributed by atoms with Crippen molar-refractivity contribution in [3.63, 3.8) is 0 Å². The van der Waals surface area contributed by atoms with Crippen molar-refractivity contribution in [2.75, 3.05) is 11.9 Å². The molecule has 21 heavy (non-hydrogen) atoms. The van der Waals surface area contributed by atoms with Crippen LogP contribution in [0, 0.1) is 0 Å². The van der Waals surface area contributed by atoms with Gasteiger partial charge < -0.3 is 10.6 Å². The highest BCUT2D eigenvalue weighted by Crippen LogP contribution is 2.15. The lowest BCUT2D eigenvalue weighted by atomic mass is 10.1. The maximum absolute atomic E-state index is 12.1. The Morgan fingerprint density at radius 3 is 2.33 bits per heavy atom. The third-order valence-corrected chi connectivity index (χ3v) is 3.07. The fourth-order valence-corrected chi connectivity index (χ4v) is 2.09. The van der Waals surface area contributed by atoms with Crippen LogP contribution in [-0.4, -0.2) is 17.7 Å². The van der Waals surface area contributed by atoms with Gasteiger partial charge in [0, 0.05) is 6.54 Å². The van der Waals surface area contributed by atoms with Crippen LogP contribution in [0.2, 0.25) is 0 Å². The van der Waals surface area contributed by atoms with E-state index in [0.29, 0.717) is 17.8 Å². The fourth-order valence-electron chi connectivity index (χ4n) is 1.97. The van der Waals surface area contributed by atoms with Crippen LogP contribution < -0.4 is 10.6 Å². The topological polar surface area (TPSA) is 58.2 Å². The van der Waals surface area contributed by atoms with Gasteiger partial charge in [0.2, 0.25) is 0 Å². The van der Waals surface area contributed by atoms with Crippen molar-refractivity contribution < 1.29 is 9.59 Å². The number of carbonyl (C=O) groups excluding carboxylic acids is 2. The number of nitrogens with one attached hydrogen (secondary N) is 2. The number of para-hydroxylation sites is 1. The van der Waals surface area contributed by atoms with Gasteiger partial charge in [0.05, 0.1) is 11.3 Å². The normalized spacial score (nSPS) is 9.95. The number of rotatable bonds is 5. The first kappa shape index (κ1) is 15.1. The van der Waals surface area contributed by atoms with Gasteiger partial charge in [-0.05, 0) is 24.1 Å². The van der Waals surface area contributed by atoms with E-state index in [0.717, 1.165) is 12.0 Å². The van der Waals surface area contributed by atoms with Gasteiger partial charge in [0.15, 0.2) is 0 Å². The molecule has 0 saturated heterocycles. The van der Waals surface area contributed by atoms with E-state index in [-0.39, 0.29) is 5.91 Å². The molecule has 0 aliphatic heterocycles. The maximum Gasteiger partial charge on any atom is 0.280 e. The van der Waals surface area contributed by atoms with Gasteiger partial charge in [-0.15, -0.1) is 0 Å². The molecule has 0 bridgehead atoms. The lowest BCUT2D eigenvalue weighted by Gasteiger charge is -2.10. The number of carbonyl (C=O) groups is 2. The SMILES string of the molecule is O=C(S)Nc1ccccc1C(=O)NCCc1ccccc1. The van der Waals surface area contributed by atoms with Crippen LogP contribution in [0.4, 0.5) is 10.5 Å². The van der Waals surface area contributed by atoms with Gasteiger partial charge >= 0.3 is 0 Å². The van der Waals surface area contributed by atoms with E-state index in [2.05, 4.69) is 23.3 Å². The third kappa shape index (κ3) is 4.65. The Labute approximate surface area is 129 Å². The van der Waals surface area contributed by atoms with Crippen molar-refractivity contribution in [1.29, 1.82) is 0 Å². The van der Waals surface area contributed by atoms with Crippen molar-refractivity contribution in [2.24, 2.45) is 0 Å². The summed E-state index contributed by atoms with van der Waals surface area (Å²) in [7, 11) is 0. The van der Waals surface area contributed by atoms with Crippen LogP contribution in [0.3, 0.4) is 0 Å². The van der Waals surface area contributed by atoms with Crippen molar-refractivity contribution >= 4 is 29.5 Å². The first-order valence-corrected chi connectivity index (χ1v) is 7.02. The zero-order chi connectivity index (χ0) is 15.1. The molecule has 2 rings (SSSR count). The molecule has 0 aliphatic rings. The van der Waals surface area contributed by atoms with Gasteiger partial charge in [-0.1, -0.05) is 55.1 Å². The summed E-state index contributed by atoms with van der Waals surface area (Å²) in [5.74, 6) is -0.219. The Kier molecular flexibility index (Phi) is 5.40. The molecule has 0 heterocycles. The molecule has 2 amide bonds. The zero-order valence-electron chi connectivity index (χ0n) is 11.4. The number of amides is 2. The molecule has 0 fully saturated rings. The van der Waals surface area contributed by atoms with Crippen LogP contribution in [0.25, 0.3) is 0 Å². The van der Waals surface area contributed by atoms with Crippen LogP contribution in [0.5, 0.6) is 0 Å². The summed E-state index contributed by atoms with van der Waals surface area (Å²) in [5.41, 5.74) is 2.04. The predicted molar refractivity (Wildman–Crippen MR) is 86.9 cm³/mol. The average molecular weight is 300 g/mol. The molecular formula is C16H16N2O2S. The minimum Gasteiger partial charge on any atom is -0.352 e. The summed E-state index contributed by atoms with van der Waals surface area (Å²) >= 11 is 3.66. The average Bonchev–Trinajstić information content (AvgIpc) is 2.48. The molecule has 0 radical (unpaired) electrons. The number of thiol groups is 1. The van der Waals surface area contributed by atoms with Gasteiger partial charge in [0.25, 0.3) is 11.1 Å². The minimum atomic E-state index is -0.500. The summed E-state index contributed by atoms with van der Waals surface area (Å²) in [6.07, 6.45) is 0.758. The molecule has 0 atom stereocenters. The third-order valence-electron chi connectivity index (χ3n) is 2.96. The molecule has 0 spiro atoms. The number of anilines is 1.